The number of nitrogens with one attached hydrogen (secondary N) is 2. The number of thiocarbonyl (C=S) groups is 1. The molecule has 150 valence electrons. The molecule has 2 fully saturated rings. The average Bonchev–Trinajstić information content (AvgIpc) is 2.90. The van der Waals surface area contributed by atoms with Crippen LogP contribution in [0.5, 0.6) is 0 Å². The molecule has 0 saturated carbocycles. The Hall–Kier alpha value is -1.63. The van der Waals surface area contributed by atoms with Crippen LogP contribution in [0.4, 0.5) is 17.6 Å². The van der Waals surface area contributed by atoms with E-state index in [2.05, 4.69) is 40.3 Å². The Morgan fingerprint density at radius 3 is 2.22 bits per heavy atom. The Balaban J connectivity index is 1.88. The molecular formula is C20H34N6S. The summed E-state index contributed by atoms with van der Waals surface area (Å²) in [7, 11) is 0. The van der Waals surface area contributed by atoms with Crippen LogP contribution in [-0.4, -0.2) is 47.8 Å². The van der Waals surface area contributed by atoms with Crippen molar-refractivity contribution in [2.24, 2.45) is 11.8 Å². The van der Waals surface area contributed by atoms with Crippen LogP contribution in [0.25, 0.3) is 0 Å². The van der Waals surface area contributed by atoms with Gasteiger partial charge in [0.2, 0.25) is 5.95 Å². The first-order valence-corrected chi connectivity index (χ1v) is 10.9. The molecule has 0 radical (unpaired) electrons. The van der Waals surface area contributed by atoms with Crippen LogP contribution < -0.4 is 20.4 Å². The van der Waals surface area contributed by atoms with Crippen molar-refractivity contribution in [2.45, 2.75) is 52.9 Å². The summed E-state index contributed by atoms with van der Waals surface area (Å²) in [5.41, 5.74) is 0. The minimum absolute atomic E-state index is 0.580. The number of nitrogens with zero attached hydrogens (tertiary/aromatic N) is 4. The van der Waals surface area contributed by atoms with E-state index in [9.17, 15) is 0 Å². The van der Waals surface area contributed by atoms with Crippen molar-refractivity contribution in [2.75, 3.05) is 47.8 Å². The standard InChI is InChI=1S/C20H34N6S/c1-4-21-20(27)24-19-22-17(25-9-7-5-6-8-10-25)12-18(23-19)26-13-15(2)11-16(3)14-26/h12,15-16H,4-11,13-14H2,1-3H3,(H2,21,22,23,24,27). The lowest BCUT2D eigenvalue weighted by Gasteiger charge is -2.36. The van der Waals surface area contributed by atoms with E-state index in [4.69, 9.17) is 22.2 Å². The van der Waals surface area contributed by atoms with E-state index in [1.54, 1.807) is 0 Å². The van der Waals surface area contributed by atoms with Crippen molar-refractivity contribution in [1.29, 1.82) is 0 Å². The third-order valence-corrected chi connectivity index (χ3v) is 5.63. The fraction of sp³-hybridized carbons (Fsp3) is 0.750. The summed E-state index contributed by atoms with van der Waals surface area (Å²) >= 11 is 5.36. The van der Waals surface area contributed by atoms with Gasteiger partial charge < -0.3 is 20.4 Å². The monoisotopic (exact) mass is 390 g/mol. The van der Waals surface area contributed by atoms with Crippen LogP contribution in [0, 0.1) is 11.8 Å². The zero-order chi connectivity index (χ0) is 19.2. The highest BCUT2D eigenvalue weighted by atomic mass is 32.1. The first kappa shape index (κ1) is 20.1. The third-order valence-electron chi connectivity index (χ3n) is 5.38. The van der Waals surface area contributed by atoms with Gasteiger partial charge in [-0.15, -0.1) is 0 Å². The van der Waals surface area contributed by atoms with Gasteiger partial charge in [0.05, 0.1) is 0 Å². The van der Waals surface area contributed by atoms with E-state index in [1.165, 1.54) is 32.1 Å². The van der Waals surface area contributed by atoms with Crippen LogP contribution in [0.1, 0.15) is 52.9 Å². The van der Waals surface area contributed by atoms with Gasteiger partial charge >= 0.3 is 0 Å². The smallest absolute Gasteiger partial charge is 0.232 e. The molecule has 2 aliphatic rings. The molecule has 27 heavy (non-hydrogen) atoms. The van der Waals surface area contributed by atoms with E-state index < -0.39 is 0 Å². The number of aromatic nitrogens is 2. The summed E-state index contributed by atoms with van der Waals surface area (Å²) in [6, 6.07) is 2.18. The normalized spacial score (nSPS) is 23.7. The van der Waals surface area contributed by atoms with Gasteiger partial charge in [-0.1, -0.05) is 26.7 Å². The van der Waals surface area contributed by atoms with Gasteiger partial charge in [-0.3, -0.25) is 0 Å². The molecule has 3 heterocycles. The number of hydrogen-bond acceptors (Lipinski definition) is 5. The zero-order valence-corrected chi connectivity index (χ0v) is 17.8. The van der Waals surface area contributed by atoms with Crippen LogP contribution in [0.2, 0.25) is 0 Å². The number of anilines is 3. The third kappa shape index (κ3) is 5.67. The van der Waals surface area contributed by atoms with E-state index in [0.717, 1.165) is 44.4 Å². The molecule has 6 nitrogen and oxygen atoms in total. The minimum Gasteiger partial charge on any atom is -0.363 e. The van der Waals surface area contributed by atoms with Crippen molar-refractivity contribution in [3.63, 3.8) is 0 Å². The second kappa shape index (κ2) is 9.53. The lowest BCUT2D eigenvalue weighted by atomic mass is 9.92. The van der Waals surface area contributed by atoms with Crippen molar-refractivity contribution < 1.29 is 0 Å². The van der Waals surface area contributed by atoms with E-state index in [0.29, 0.717) is 22.9 Å². The highest BCUT2D eigenvalue weighted by molar-refractivity contribution is 7.80. The minimum atomic E-state index is 0.580. The van der Waals surface area contributed by atoms with E-state index in [-0.39, 0.29) is 0 Å². The molecule has 0 aromatic carbocycles. The fourth-order valence-electron chi connectivity index (χ4n) is 4.26. The van der Waals surface area contributed by atoms with Crippen LogP contribution >= 0.6 is 12.2 Å². The molecule has 2 aliphatic heterocycles. The van der Waals surface area contributed by atoms with Gasteiger partial charge in [0.1, 0.15) is 11.6 Å². The zero-order valence-electron chi connectivity index (χ0n) is 17.0. The van der Waals surface area contributed by atoms with Gasteiger partial charge in [-0.05, 0) is 50.2 Å². The second-order valence-corrected chi connectivity index (χ2v) is 8.55. The summed E-state index contributed by atoms with van der Waals surface area (Å²) in [5.74, 6) is 4.01. The molecule has 2 unspecified atom stereocenters. The SMILES string of the molecule is CCNC(=S)Nc1nc(N2CCCCCC2)cc(N2CC(C)CC(C)C2)n1. The maximum atomic E-state index is 5.36. The molecule has 1 aromatic heterocycles. The molecular weight excluding hydrogens is 356 g/mol. The number of rotatable bonds is 4. The van der Waals surface area contributed by atoms with Gasteiger partial charge in [0, 0.05) is 38.8 Å². The van der Waals surface area contributed by atoms with Crippen molar-refractivity contribution >= 4 is 34.9 Å². The summed E-state index contributed by atoms with van der Waals surface area (Å²) in [4.78, 5) is 14.5. The number of hydrogen-bond donors (Lipinski definition) is 2. The molecule has 0 bridgehead atoms. The largest absolute Gasteiger partial charge is 0.363 e. The van der Waals surface area contributed by atoms with Crippen LogP contribution in [-0.2, 0) is 0 Å². The molecule has 2 N–H and O–H groups in total. The summed E-state index contributed by atoms with van der Waals surface area (Å²) in [6.07, 6.45) is 6.37. The lowest BCUT2D eigenvalue weighted by molar-refractivity contribution is 0.355. The molecule has 0 amide bonds. The summed E-state index contributed by atoms with van der Waals surface area (Å²) in [5, 5.41) is 6.89. The van der Waals surface area contributed by atoms with E-state index >= 15 is 0 Å². The quantitative estimate of drug-likeness (QED) is 0.761. The highest BCUT2D eigenvalue weighted by Crippen LogP contribution is 2.29. The Morgan fingerprint density at radius 2 is 1.63 bits per heavy atom. The second-order valence-electron chi connectivity index (χ2n) is 8.14. The van der Waals surface area contributed by atoms with Crippen LogP contribution in [0.15, 0.2) is 6.07 Å². The molecule has 0 aliphatic carbocycles. The van der Waals surface area contributed by atoms with Gasteiger partial charge in [-0.25, -0.2) is 0 Å². The Bertz CT molecular complexity index is 619. The summed E-state index contributed by atoms with van der Waals surface area (Å²) < 4.78 is 0. The Morgan fingerprint density at radius 1 is 1.04 bits per heavy atom. The molecule has 0 spiro atoms. The molecule has 2 saturated heterocycles. The van der Waals surface area contributed by atoms with Crippen LogP contribution in [0.3, 0.4) is 0 Å². The number of piperidine rings is 1. The van der Waals surface area contributed by atoms with E-state index in [1.807, 2.05) is 6.92 Å². The highest BCUT2D eigenvalue weighted by Gasteiger charge is 2.24. The predicted octanol–water partition coefficient (Wildman–Crippen LogP) is 3.65. The van der Waals surface area contributed by atoms with Crippen molar-refractivity contribution in [3.8, 4) is 0 Å². The van der Waals surface area contributed by atoms with Crippen molar-refractivity contribution in [1.82, 2.24) is 15.3 Å². The average molecular weight is 391 g/mol. The Labute approximate surface area is 169 Å². The molecule has 1 aromatic rings. The maximum absolute atomic E-state index is 5.36. The Kier molecular flexibility index (Phi) is 7.10. The molecule has 3 rings (SSSR count). The van der Waals surface area contributed by atoms with Crippen molar-refractivity contribution in [3.05, 3.63) is 6.07 Å². The summed E-state index contributed by atoms with van der Waals surface area (Å²) in [6.45, 7) is 11.7. The maximum Gasteiger partial charge on any atom is 0.232 e. The fourth-order valence-corrected chi connectivity index (χ4v) is 4.49. The molecule has 7 heteroatoms. The molecule has 2 atom stereocenters. The topological polar surface area (TPSA) is 56.3 Å². The first-order chi connectivity index (χ1) is 13.0. The first-order valence-electron chi connectivity index (χ1n) is 10.5. The van der Waals surface area contributed by atoms with Gasteiger partial charge in [0.25, 0.3) is 0 Å². The van der Waals surface area contributed by atoms with Gasteiger partial charge in [-0.2, -0.15) is 9.97 Å². The van der Waals surface area contributed by atoms with Gasteiger partial charge in [0.15, 0.2) is 5.11 Å². The lowest BCUT2D eigenvalue weighted by Crippen LogP contribution is -2.39. The predicted molar refractivity (Wildman–Crippen MR) is 118 cm³/mol.